The summed E-state index contributed by atoms with van der Waals surface area (Å²) >= 11 is 0. The highest BCUT2D eigenvalue weighted by Crippen LogP contribution is 2.24. The van der Waals surface area contributed by atoms with Crippen LogP contribution in [0.5, 0.6) is 11.5 Å². The lowest BCUT2D eigenvalue weighted by Crippen LogP contribution is -2.14. The summed E-state index contributed by atoms with van der Waals surface area (Å²) < 4.78 is 30.6. The summed E-state index contributed by atoms with van der Waals surface area (Å²) in [4.78, 5) is 10.2. The number of rotatable bonds is 7. The SMILES string of the molecule is O=[N+]([O-])/C(=C\Nc1ccc(Oc2ccccc2)cc1)S(=O)(=O)c1ccccc1. The van der Waals surface area contributed by atoms with E-state index in [1.807, 2.05) is 30.3 Å². The number of para-hydroxylation sites is 1. The maximum Gasteiger partial charge on any atom is 0.379 e. The largest absolute Gasteiger partial charge is 0.457 e. The number of hydrogen-bond acceptors (Lipinski definition) is 6. The normalized spacial score (nSPS) is 11.6. The minimum absolute atomic E-state index is 0.147. The summed E-state index contributed by atoms with van der Waals surface area (Å²) in [6.07, 6.45) is 0.870. The Morgan fingerprint density at radius 2 is 1.39 bits per heavy atom. The Balaban J connectivity index is 1.78. The highest BCUT2D eigenvalue weighted by molar-refractivity contribution is 7.95. The Kier molecular flexibility index (Phi) is 5.71. The Hall–Kier alpha value is -3.65. The van der Waals surface area contributed by atoms with Crippen molar-refractivity contribution in [1.29, 1.82) is 0 Å². The molecule has 1 N–H and O–H groups in total. The number of anilines is 1. The van der Waals surface area contributed by atoms with Gasteiger partial charge in [-0.3, -0.25) is 10.1 Å². The van der Waals surface area contributed by atoms with Crippen LogP contribution in [-0.2, 0) is 9.84 Å². The first-order valence-electron chi connectivity index (χ1n) is 8.21. The Bertz CT molecular complexity index is 1080. The number of hydrogen-bond donors (Lipinski definition) is 1. The van der Waals surface area contributed by atoms with Gasteiger partial charge in [-0.1, -0.05) is 36.4 Å². The number of benzene rings is 3. The maximum absolute atomic E-state index is 12.5. The lowest BCUT2D eigenvalue weighted by Gasteiger charge is -2.07. The molecular formula is C20H16N2O5S. The van der Waals surface area contributed by atoms with Crippen LogP contribution in [-0.4, -0.2) is 13.3 Å². The molecule has 28 heavy (non-hydrogen) atoms. The third-order valence-corrected chi connectivity index (χ3v) is 5.41. The van der Waals surface area contributed by atoms with Crippen molar-refractivity contribution in [2.75, 3.05) is 5.32 Å². The summed E-state index contributed by atoms with van der Waals surface area (Å²) in [5.74, 6) is 1.25. The van der Waals surface area contributed by atoms with Crippen LogP contribution in [0, 0.1) is 10.1 Å². The number of sulfone groups is 1. The van der Waals surface area contributed by atoms with E-state index >= 15 is 0 Å². The molecule has 0 amide bonds. The first kappa shape index (κ1) is 19.1. The summed E-state index contributed by atoms with van der Waals surface area (Å²) in [6, 6.07) is 23.0. The topological polar surface area (TPSA) is 98.5 Å². The molecule has 0 aromatic heterocycles. The minimum Gasteiger partial charge on any atom is -0.457 e. The molecule has 0 aliphatic carbocycles. The summed E-state index contributed by atoms with van der Waals surface area (Å²) in [5, 5.41) is 13.0. The second-order valence-corrected chi connectivity index (χ2v) is 7.54. The van der Waals surface area contributed by atoms with Gasteiger partial charge in [0.15, 0.2) is 0 Å². The van der Waals surface area contributed by atoms with Gasteiger partial charge < -0.3 is 10.1 Å². The van der Waals surface area contributed by atoms with Gasteiger partial charge in [0.2, 0.25) is 0 Å². The van der Waals surface area contributed by atoms with Crippen molar-refractivity contribution in [3.63, 3.8) is 0 Å². The van der Waals surface area contributed by atoms with Crippen molar-refractivity contribution in [3.05, 3.63) is 106 Å². The van der Waals surface area contributed by atoms with Gasteiger partial charge in [0.05, 0.1) is 16.0 Å². The van der Waals surface area contributed by atoms with Crippen LogP contribution in [0.4, 0.5) is 5.69 Å². The predicted octanol–water partition coefficient (Wildman–Crippen LogP) is 4.44. The van der Waals surface area contributed by atoms with Gasteiger partial charge in [0.25, 0.3) is 9.84 Å². The molecule has 142 valence electrons. The van der Waals surface area contributed by atoms with Crippen molar-refractivity contribution in [2.24, 2.45) is 0 Å². The summed E-state index contributed by atoms with van der Waals surface area (Å²) in [7, 11) is -4.24. The molecule has 0 spiro atoms. The molecule has 3 aromatic rings. The molecule has 0 unspecified atom stereocenters. The quantitative estimate of drug-likeness (QED) is 0.468. The van der Waals surface area contributed by atoms with E-state index < -0.39 is 19.8 Å². The smallest absolute Gasteiger partial charge is 0.379 e. The molecular weight excluding hydrogens is 380 g/mol. The monoisotopic (exact) mass is 396 g/mol. The first-order valence-corrected chi connectivity index (χ1v) is 9.69. The van der Waals surface area contributed by atoms with Crippen LogP contribution in [0.3, 0.4) is 0 Å². The fraction of sp³-hybridized carbons (Fsp3) is 0. The predicted molar refractivity (Wildman–Crippen MR) is 105 cm³/mol. The van der Waals surface area contributed by atoms with E-state index in [4.69, 9.17) is 4.74 Å². The number of ether oxygens (including phenoxy) is 1. The van der Waals surface area contributed by atoms with E-state index in [0.717, 1.165) is 6.20 Å². The molecule has 3 rings (SSSR count). The molecule has 0 atom stereocenters. The molecule has 0 aliphatic rings. The molecule has 0 bridgehead atoms. The van der Waals surface area contributed by atoms with E-state index in [-0.39, 0.29) is 4.90 Å². The van der Waals surface area contributed by atoms with E-state index in [2.05, 4.69) is 5.32 Å². The van der Waals surface area contributed by atoms with Gasteiger partial charge in [-0.05, 0) is 48.5 Å². The highest BCUT2D eigenvalue weighted by atomic mass is 32.2. The molecule has 0 radical (unpaired) electrons. The van der Waals surface area contributed by atoms with Crippen LogP contribution in [0.15, 0.2) is 101 Å². The van der Waals surface area contributed by atoms with Gasteiger partial charge in [0, 0.05) is 5.69 Å². The van der Waals surface area contributed by atoms with E-state index in [1.54, 1.807) is 30.3 Å². The highest BCUT2D eigenvalue weighted by Gasteiger charge is 2.31. The molecule has 7 nitrogen and oxygen atoms in total. The van der Waals surface area contributed by atoms with Crippen LogP contribution >= 0.6 is 0 Å². The molecule has 0 saturated carbocycles. The number of nitrogens with one attached hydrogen (secondary N) is 1. The van der Waals surface area contributed by atoms with Crippen LogP contribution in [0.25, 0.3) is 0 Å². The first-order chi connectivity index (χ1) is 13.5. The van der Waals surface area contributed by atoms with Crippen molar-refractivity contribution in [2.45, 2.75) is 4.90 Å². The van der Waals surface area contributed by atoms with Crippen LogP contribution in [0.1, 0.15) is 0 Å². The van der Waals surface area contributed by atoms with Crippen molar-refractivity contribution in [3.8, 4) is 11.5 Å². The molecule has 0 fully saturated rings. The van der Waals surface area contributed by atoms with Crippen LogP contribution < -0.4 is 10.1 Å². The van der Waals surface area contributed by atoms with Crippen molar-refractivity contribution in [1.82, 2.24) is 0 Å². The third kappa shape index (κ3) is 4.54. The Morgan fingerprint density at radius 3 is 1.96 bits per heavy atom. The van der Waals surface area contributed by atoms with Gasteiger partial charge >= 0.3 is 5.03 Å². The average molecular weight is 396 g/mol. The van der Waals surface area contributed by atoms with Gasteiger partial charge in [0.1, 0.15) is 11.5 Å². The lowest BCUT2D eigenvalue weighted by molar-refractivity contribution is -0.411. The fourth-order valence-electron chi connectivity index (χ4n) is 2.34. The number of nitrogens with zero attached hydrogens (tertiary/aromatic N) is 1. The van der Waals surface area contributed by atoms with Gasteiger partial charge in [-0.15, -0.1) is 0 Å². The Labute approximate surface area is 162 Å². The molecule has 3 aromatic carbocycles. The molecule has 0 heterocycles. The van der Waals surface area contributed by atoms with E-state index in [9.17, 15) is 18.5 Å². The summed E-state index contributed by atoms with van der Waals surface area (Å²) in [5.41, 5.74) is 0.475. The van der Waals surface area contributed by atoms with Gasteiger partial charge in [-0.25, -0.2) is 8.42 Å². The fourth-order valence-corrected chi connectivity index (χ4v) is 3.50. The average Bonchev–Trinajstić information content (AvgIpc) is 2.70. The standard InChI is InChI=1S/C20H16N2O5S/c23-22(24)20(28(25,26)19-9-5-2-6-10-19)15-21-16-11-13-18(14-12-16)27-17-7-3-1-4-8-17/h1-15,21H/b20-15+. The molecule has 8 heteroatoms. The van der Waals surface area contributed by atoms with Crippen molar-refractivity contribution < 1.29 is 18.1 Å². The number of nitro groups is 1. The van der Waals surface area contributed by atoms with Gasteiger partial charge in [-0.2, -0.15) is 0 Å². The third-order valence-electron chi connectivity index (χ3n) is 3.70. The Morgan fingerprint density at radius 1 is 0.857 bits per heavy atom. The molecule has 0 saturated heterocycles. The van der Waals surface area contributed by atoms with Crippen LogP contribution in [0.2, 0.25) is 0 Å². The molecule has 0 aliphatic heterocycles. The van der Waals surface area contributed by atoms with Crippen molar-refractivity contribution >= 4 is 15.5 Å². The van der Waals surface area contributed by atoms with E-state index in [1.165, 1.54) is 24.3 Å². The minimum atomic E-state index is -4.24. The summed E-state index contributed by atoms with van der Waals surface area (Å²) in [6.45, 7) is 0. The zero-order valence-electron chi connectivity index (χ0n) is 14.6. The van der Waals surface area contributed by atoms with E-state index in [0.29, 0.717) is 17.2 Å². The second kappa shape index (κ2) is 8.36. The maximum atomic E-state index is 12.5. The zero-order chi connectivity index (χ0) is 20.0. The zero-order valence-corrected chi connectivity index (χ0v) is 15.4. The lowest BCUT2D eigenvalue weighted by atomic mass is 10.3. The second-order valence-electron chi connectivity index (χ2n) is 5.64.